The molecule has 0 bridgehead atoms. The van der Waals surface area contributed by atoms with Crippen LogP contribution in [-0.2, 0) is 4.79 Å². The van der Waals surface area contributed by atoms with Crippen LogP contribution in [0.1, 0.15) is 53.9 Å². The molecule has 0 N–H and O–H groups in total. The maximum atomic E-state index is 12.4. The zero-order valence-electron chi connectivity index (χ0n) is 11.3. The first kappa shape index (κ1) is 13.2. The van der Waals surface area contributed by atoms with E-state index in [-0.39, 0.29) is 11.3 Å². The van der Waals surface area contributed by atoms with Gasteiger partial charge in [-0.15, -0.1) is 0 Å². The van der Waals surface area contributed by atoms with Gasteiger partial charge in [-0.05, 0) is 44.1 Å². The summed E-state index contributed by atoms with van der Waals surface area (Å²) in [7, 11) is 0. The Morgan fingerprint density at radius 2 is 2.19 bits per heavy atom. The average molecular weight is 220 g/mol. The summed E-state index contributed by atoms with van der Waals surface area (Å²) >= 11 is 0. The molecular formula is C15H24O. The summed E-state index contributed by atoms with van der Waals surface area (Å²) in [6.07, 6.45) is 7.25. The third-order valence-electron chi connectivity index (χ3n) is 3.79. The number of rotatable bonds is 3. The van der Waals surface area contributed by atoms with Gasteiger partial charge in [-0.25, -0.2) is 0 Å². The Labute approximate surface area is 99.6 Å². The van der Waals surface area contributed by atoms with Crippen LogP contribution in [0.15, 0.2) is 23.3 Å². The molecule has 0 radical (unpaired) electrons. The van der Waals surface area contributed by atoms with Crippen LogP contribution in [0.2, 0.25) is 0 Å². The molecule has 0 saturated heterocycles. The smallest absolute Gasteiger partial charge is 0.165 e. The van der Waals surface area contributed by atoms with E-state index in [2.05, 4.69) is 33.8 Å². The Balaban J connectivity index is 3.01. The molecule has 1 rings (SSSR count). The lowest BCUT2D eigenvalue weighted by Crippen LogP contribution is -2.33. The van der Waals surface area contributed by atoms with E-state index in [1.54, 1.807) is 0 Å². The summed E-state index contributed by atoms with van der Waals surface area (Å²) in [6.45, 7) is 10.6. The Morgan fingerprint density at radius 1 is 1.56 bits per heavy atom. The van der Waals surface area contributed by atoms with Gasteiger partial charge in [-0.1, -0.05) is 38.5 Å². The molecular weight excluding hydrogens is 196 g/mol. The van der Waals surface area contributed by atoms with Crippen LogP contribution in [0.5, 0.6) is 0 Å². The van der Waals surface area contributed by atoms with Gasteiger partial charge in [0.1, 0.15) is 0 Å². The standard InChI is InChI=1S/C15H24O/c1-6-12(7-2)14(16)13-10-11(3)8-9-15(13,4)5/h6,10,13H,7-9H2,1-5H3. The van der Waals surface area contributed by atoms with Crippen molar-refractivity contribution in [2.75, 3.05) is 0 Å². The molecule has 0 saturated carbocycles. The zero-order valence-corrected chi connectivity index (χ0v) is 11.3. The maximum absolute atomic E-state index is 12.4. The number of Topliss-reactive ketones (excluding diaryl/α,β-unsaturated/α-hetero) is 1. The minimum absolute atomic E-state index is 0.0763. The first-order valence-electron chi connectivity index (χ1n) is 6.29. The molecule has 0 aromatic rings. The van der Waals surface area contributed by atoms with Crippen LogP contribution < -0.4 is 0 Å². The van der Waals surface area contributed by atoms with E-state index >= 15 is 0 Å². The highest BCUT2D eigenvalue weighted by Crippen LogP contribution is 2.41. The van der Waals surface area contributed by atoms with E-state index in [1.807, 2.05) is 13.0 Å². The van der Waals surface area contributed by atoms with Crippen molar-refractivity contribution >= 4 is 5.78 Å². The molecule has 1 heteroatoms. The molecule has 0 heterocycles. The SMILES string of the molecule is CC=C(CC)C(=O)C1C=C(C)CCC1(C)C. The van der Waals surface area contributed by atoms with E-state index in [0.29, 0.717) is 5.78 Å². The van der Waals surface area contributed by atoms with Gasteiger partial charge in [0.05, 0.1) is 0 Å². The van der Waals surface area contributed by atoms with E-state index < -0.39 is 0 Å². The zero-order chi connectivity index (χ0) is 12.3. The van der Waals surface area contributed by atoms with Crippen LogP contribution in [0.4, 0.5) is 0 Å². The lowest BCUT2D eigenvalue weighted by molar-refractivity contribution is -0.121. The predicted molar refractivity (Wildman–Crippen MR) is 69.3 cm³/mol. The van der Waals surface area contributed by atoms with E-state index in [1.165, 1.54) is 5.57 Å². The Bertz CT molecular complexity index is 331. The Morgan fingerprint density at radius 3 is 2.69 bits per heavy atom. The number of hydrogen-bond donors (Lipinski definition) is 0. The fourth-order valence-electron chi connectivity index (χ4n) is 2.42. The molecule has 1 aliphatic carbocycles. The monoisotopic (exact) mass is 220 g/mol. The van der Waals surface area contributed by atoms with Gasteiger partial charge >= 0.3 is 0 Å². The van der Waals surface area contributed by atoms with Crippen molar-refractivity contribution in [3.05, 3.63) is 23.3 Å². The molecule has 0 amide bonds. The van der Waals surface area contributed by atoms with E-state index in [0.717, 1.165) is 24.8 Å². The summed E-state index contributed by atoms with van der Waals surface area (Å²) in [5.41, 5.74) is 2.45. The Kier molecular flexibility index (Phi) is 4.12. The van der Waals surface area contributed by atoms with Gasteiger partial charge in [0, 0.05) is 5.92 Å². The molecule has 0 fully saturated rings. The van der Waals surface area contributed by atoms with Crippen molar-refractivity contribution in [3.8, 4) is 0 Å². The summed E-state index contributed by atoms with van der Waals surface area (Å²) in [5, 5.41) is 0. The van der Waals surface area contributed by atoms with Gasteiger partial charge in [-0.3, -0.25) is 4.79 Å². The largest absolute Gasteiger partial charge is 0.294 e. The molecule has 1 atom stereocenters. The van der Waals surface area contributed by atoms with Crippen molar-refractivity contribution < 1.29 is 4.79 Å². The van der Waals surface area contributed by atoms with Gasteiger partial charge in [0.2, 0.25) is 0 Å². The molecule has 0 aliphatic heterocycles. The minimum Gasteiger partial charge on any atom is -0.294 e. The fraction of sp³-hybridized carbons (Fsp3) is 0.667. The molecule has 0 spiro atoms. The second-order valence-electron chi connectivity index (χ2n) is 5.51. The van der Waals surface area contributed by atoms with Crippen molar-refractivity contribution in [2.24, 2.45) is 11.3 Å². The van der Waals surface area contributed by atoms with Crippen molar-refractivity contribution in [3.63, 3.8) is 0 Å². The minimum atomic E-state index is 0.0763. The number of carbonyl (C=O) groups excluding carboxylic acids is 1. The van der Waals surface area contributed by atoms with Gasteiger partial charge in [0.25, 0.3) is 0 Å². The first-order chi connectivity index (χ1) is 7.42. The third-order valence-corrected chi connectivity index (χ3v) is 3.79. The van der Waals surface area contributed by atoms with Gasteiger partial charge in [0.15, 0.2) is 5.78 Å². The van der Waals surface area contributed by atoms with Gasteiger partial charge < -0.3 is 0 Å². The van der Waals surface area contributed by atoms with Crippen molar-refractivity contribution in [1.29, 1.82) is 0 Å². The molecule has 90 valence electrons. The highest BCUT2D eigenvalue weighted by atomic mass is 16.1. The van der Waals surface area contributed by atoms with E-state index in [4.69, 9.17) is 0 Å². The quantitative estimate of drug-likeness (QED) is 0.512. The van der Waals surface area contributed by atoms with E-state index in [9.17, 15) is 4.79 Å². The summed E-state index contributed by atoms with van der Waals surface area (Å²) in [5.74, 6) is 0.404. The normalized spacial score (nSPS) is 25.2. The number of carbonyl (C=O) groups is 1. The van der Waals surface area contributed by atoms with Gasteiger partial charge in [-0.2, -0.15) is 0 Å². The van der Waals surface area contributed by atoms with Crippen LogP contribution in [0.3, 0.4) is 0 Å². The van der Waals surface area contributed by atoms with Crippen LogP contribution in [-0.4, -0.2) is 5.78 Å². The Hall–Kier alpha value is -0.850. The summed E-state index contributed by atoms with van der Waals surface area (Å²) in [6, 6.07) is 0. The maximum Gasteiger partial charge on any atom is 0.165 e. The third kappa shape index (κ3) is 2.63. The predicted octanol–water partition coefficient (Wildman–Crippen LogP) is 4.29. The fourth-order valence-corrected chi connectivity index (χ4v) is 2.42. The van der Waals surface area contributed by atoms with Crippen LogP contribution in [0, 0.1) is 11.3 Å². The number of hydrogen-bond acceptors (Lipinski definition) is 1. The topological polar surface area (TPSA) is 17.1 Å². The molecule has 1 aliphatic rings. The lowest BCUT2D eigenvalue weighted by Gasteiger charge is -2.36. The lowest BCUT2D eigenvalue weighted by atomic mass is 9.67. The van der Waals surface area contributed by atoms with Crippen LogP contribution in [0.25, 0.3) is 0 Å². The average Bonchev–Trinajstić information content (AvgIpc) is 2.23. The molecule has 0 aromatic carbocycles. The number of ketones is 1. The molecule has 1 unspecified atom stereocenters. The van der Waals surface area contributed by atoms with Crippen molar-refractivity contribution in [2.45, 2.75) is 53.9 Å². The van der Waals surface area contributed by atoms with Crippen LogP contribution >= 0.6 is 0 Å². The molecule has 16 heavy (non-hydrogen) atoms. The highest BCUT2D eigenvalue weighted by molar-refractivity contribution is 5.98. The first-order valence-corrected chi connectivity index (χ1v) is 6.29. The number of allylic oxidation sites excluding steroid dienone is 4. The molecule has 1 nitrogen and oxygen atoms in total. The summed E-state index contributed by atoms with van der Waals surface area (Å²) in [4.78, 5) is 12.4. The summed E-state index contributed by atoms with van der Waals surface area (Å²) < 4.78 is 0. The second kappa shape index (κ2) is 4.99. The van der Waals surface area contributed by atoms with Crippen molar-refractivity contribution in [1.82, 2.24) is 0 Å². The highest BCUT2D eigenvalue weighted by Gasteiger charge is 2.36. The molecule has 0 aromatic heterocycles. The second-order valence-corrected chi connectivity index (χ2v) is 5.51.